The second-order valence-corrected chi connectivity index (χ2v) is 5.82. The van der Waals surface area contributed by atoms with Crippen molar-refractivity contribution >= 4 is 11.6 Å². The Morgan fingerprint density at radius 1 is 1.15 bits per heavy atom. The minimum atomic E-state index is -0.359. The summed E-state index contributed by atoms with van der Waals surface area (Å²) in [5.74, 6) is 0. The highest BCUT2D eigenvalue weighted by molar-refractivity contribution is 6.30. The van der Waals surface area contributed by atoms with Gasteiger partial charge in [0.05, 0.1) is 12.1 Å². The van der Waals surface area contributed by atoms with Crippen molar-refractivity contribution in [1.29, 1.82) is 0 Å². The van der Waals surface area contributed by atoms with Crippen molar-refractivity contribution in [3.63, 3.8) is 0 Å². The molecule has 2 aromatic carbocycles. The predicted octanol–water partition coefficient (Wildman–Crippen LogP) is 3.65. The summed E-state index contributed by atoms with van der Waals surface area (Å²) in [5.41, 5.74) is 3.62. The molecule has 104 valence electrons. The summed E-state index contributed by atoms with van der Waals surface area (Å²) in [6.07, 6.45) is 0.364. The summed E-state index contributed by atoms with van der Waals surface area (Å²) >= 11 is 5.92. The molecule has 0 aliphatic heterocycles. The number of aliphatic hydroxyl groups excluding tert-OH is 1. The molecule has 0 heterocycles. The van der Waals surface area contributed by atoms with Gasteiger partial charge in [-0.2, -0.15) is 0 Å². The van der Waals surface area contributed by atoms with Crippen molar-refractivity contribution in [3.8, 4) is 0 Å². The molecule has 0 spiro atoms. The summed E-state index contributed by atoms with van der Waals surface area (Å²) in [4.78, 5) is 0. The van der Waals surface area contributed by atoms with Crippen molar-refractivity contribution < 1.29 is 5.11 Å². The number of rotatable bonds is 3. The van der Waals surface area contributed by atoms with E-state index in [-0.39, 0.29) is 18.2 Å². The molecule has 0 fully saturated rings. The van der Waals surface area contributed by atoms with Crippen LogP contribution in [0.5, 0.6) is 0 Å². The van der Waals surface area contributed by atoms with E-state index < -0.39 is 0 Å². The van der Waals surface area contributed by atoms with Crippen molar-refractivity contribution in [2.75, 3.05) is 0 Å². The van der Waals surface area contributed by atoms with Gasteiger partial charge in [-0.25, -0.2) is 0 Å². The summed E-state index contributed by atoms with van der Waals surface area (Å²) in [6, 6.07) is 16.2. The van der Waals surface area contributed by atoms with E-state index in [2.05, 4.69) is 24.4 Å². The second-order valence-electron chi connectivity index (χ2n) is 5.39. The van der Waals surface area contributed by atoms with Crippen LogP contribution in [0.2, 0.25) is 5.02 Å². The van der Waals surface area contributed by atoms with Crippen molar-refractivity contribution in [1.82, 2.24) is 5.32 Å². The molecule has 3 unspecified atom stereocenters. The summed E-state index contributed by atoms with van der Waals surface area (Å²) in [7, 11) is 0. The van der Waals surface area contributed by atoms with Gasteiger partial charge in [0.1, 0.15) is 0 Å². The minimum Gasteiger partial charge on any atom is -0.391 e. The molecule has 0 amide bonds. The third-order valence-electron chi connectivity index (χ3n) is 4.00. The normalized spacial score (nSPS) is 22.6. The highest BCUT2D eigenvalue weighted by atomic mass is 35.5. The molecule has 0 saturated carbocycles. The fourth-order valence-electron chi connectivity index (χ4n) is 2.89. The molecule has 1 aliphatic carbocycles. The fraction of sp³-hybridized carbons (Fsp3) is 0.294. The minimum absolute atomic E-state index is 0.00289. The Bertz CT molecular complexity index is 596. The van der Waals surface area contributed by atoms with Crippen LogP contribution in [0, 0.1) is 0 Å². The zero-order chi connectivity index (χ0) is 14.1. The van der Waals surface area contributed by atoms with Crippen LogP contribution in [0.15, 0.2) is 48.5 Å². The molecule has 3 heteroatoms. The van der Waals surface area contributed by atoms with Gasteiger partial charge in [0.15, 0.2) is 0 Å². The van der Waals surface area contributed by atoms with Crippen LogP contribution in [0.4, 0.5) is 0 Å². The SMILES string of the molecule is CC(NC1c2ccccc2CC1O)c1ccc(Cl)cc1. The Balaban J connectivity index is 1.79. The fourth-order valence-corrected chi connectivity index (χ4v) is 3.02. The maximum atomic E-state index is 10.3. The summed E-state index contributed by atoms with van der Waals surface area (Å²) in [5, 5.41) is 14.5. The maximum absolute atomic E-state index is 10.3. The molecule has 0 radical (unpaired) electrons. The van der Waals surface area contributed by atoms with E-state index in [4.69, 9.17) is 11.6 Å². The van der Waals surface area contributed by atoms with E-state index in [9.17, 15) is 5.11 Å². The lowest BCUT2D eigenvalue weighted by atomic mass is 10.0. The molecule has 3 atom stereocenters. The number of hydrogen-bond acceptors (Lipinski definition) is 2. The van der Waals surface area contributed by atoms with Crippen LogP contribution in [0.25, 0.3) is 0 Å². The van der Waals surface area contributed by atoms with Crippen LogP contribution in [-0.2, 0) is 6.42 Å². The largest absolute Gasteiger partial charge is 0.391 e. The number of fused-ring (bicyclic) bond motifs is 1. The Labute approximate surface area is 124 Å². The third-order valence-corrected chi connectivity index (χ3v) is 4.26. The lowest BCUT2D eigenvalue weighted by Gasteiger charge is -2.23. The van der Waals surface area contributed by atoms with E-state index in [1.807, 2.05) is 36.4 Å². The first-order chi connectivity index (χ1) is 9.65. The second kappa shape index (κ2) is 5.57. The quantitative estimate of drug-likeness (QED) is 0.903. The molecule has 1 aliphatic rings. The highest BCUT2D eigenvalue weighted by Gasteiger charge is 2.31. The van der Waals surface area contributed by atoms with Crippen LogP contribution >= 0.6 is 11.6 Å². The van der Waals surface area contributed by atoms with Crippen molar-refractivity contribution in [2.24, 2.45) is 0 Å². The van der Waals surface area contributed by atoms with Gasteiger partial charge < -0.3 is 10.4 Å². The van der Waals surface area contributed by atoms with Crippen LogP contribution < -0.4 is 5.32 Å². The van der Waals surface area contributed by atoms with E-state index >= 15 is 0 Å². The molecule has 2 aromatic rings. The van der Waals surface area contributed by atoms with Gasteiger partial charge in [0, 0.05) is 17.5 Å². The molecular weight excluding hydrogens is 270 g/mol. The Kier molecular flexibility index (Phi) is 3.79. The number of benzene rings is 2. The van der Waals surface area contributed by atoms with Crippen molar-refractivity contribution in [2.45, 2.75) is 31.5 Å². The van der Waals surface area contributed by atoms with E-state index in [1.54, 1.807) is 0 Å². The average molecular weight is 288 g/mol. The Morgan fingerprint density at radius 2 is 1.85 bits per heavy atom. The van der Waals surface area contributed by atoms with Crippen molar-refractivity contribution in [3.05, 3.63) is 70.2 Å². The number of halogens is 1. The molecular formula is C17H18ClNO. The first-order valence-electron chi connectivity index (χ1n) is 6.92. The van der Waals surface area contributed by atoms with Gasteiger partial charge in [-0.15, -0.1) is 0 Å². The number of aliphatic hydroxyl groups is 1. The molecule has 0 saturated heterocycles. The van der Waals surface area contributed by atoms with E-state index in [0.29, 0.717) is 0 Å². The lowest BCUT2D eigenvalue weighted by Crippen LogP contribution is -2.30. The predicted molar refractivity (Wildman–Crippen MR) is 81.9 cm³/mol. The zero-order valence-electron chi connectivity index (χ0n) is 11.4. The number of hydrogen-bond donors (Lipinski definition) is 2. The maximum Gasteiger partial charge on any atom is 0.0775 e. The standard InChI is InChI=1S/C17H18ClNO/c1-11(12-6-8-14(18)9-7-12)19-17-15-5-3-2-4-13(15)10-16(17)20/h2-9,11,16-17,19-20H,10H2,1H3. The third kappa shape index (κ3) is 2.59. The molecule has 2 N–H and O–H groups in total. The summed E-state index contributed by atoms with van der Waals surface area (Å²) < 4.78 is 0. The Morgan fingerprint density at radius 3 is 2.60 bits per heavy atom. The van der Waals surface area contributed by atoms with Gasteiger partial charge in [0.2, 0.25) is 0 Å². The smallest absolute Gasteiger partial charge is 0.0775 e. The van der Waals surface area contributed by atoms with Crippen LogP contribution in [-0.4, -0.2) is 11.2 Å². The molecule has 0 bridgehead atoms. The molecule has 3 rings (SSSR count). The first kappa shape index (κ1) is 13.6. The van der Waals surface area contributed by atoms with Crippen LogP contribution in [0.3, 0.4) is 0 Å². The molecule has 0 aromatic heterocycles. The topological polar surface area (TPSA) is 32.3 Å². The lowest BCUT2D eigenvalue weighted by molar-refractivity contribution is 0.136. The monoisotopic (exact) mass is 287 g/mol. The van der Waals surface area contributed by atoms with Crippen LogP contribution in [0.1, 0.15) is 35.7 Å². The van der Waals surface area contributed by atoms with Gasteiger partial charge >= 0.3 is 0 Å². The van der Waals surface area contributed by atoms with E-state index in [1.165, 1.54) is 16.7 Å². The Hall–Kier alpha value is -1.35. The van der Waals surface area contributed by atoms with Gasteiger partial charge in [0.25, 0.3) is 0 Å². The number of nitrogens with one attached hydrogen (secondary N) is 1. The van der Waals surface area contributed by atoms with Gasteiger partial charge in [-0.1, -0.05) is 48.0 Å². The molecule has 2 nitrogen and oxygen atoms in total. The first-order valence-corrected chi connectivity index (χ1v) is 7.30. The van der Waals surface area contributed by atoms with E-state index in [0.717, 1.165) is 11.4 Å². The molecule has 20 heavy (non-hydrogen) atoms. The van der Waals surface area contributed by atoms with Gasteiger partial charge in [-0.05, 0) is 35.7 Å². The summed E-state index contributed by atoms with van der Waals surface area (Å²) in [6.45, 7) is 2.11. The average Bonchev–Trinajstić information content (AvgIpc) is 2.76. The highest BCUT2D eigenvalue weighted by Crippen LogP contribution is 2.33. The zero-order valence-corrected chi connectivity index (χ0v) is 12.1. The van der Waals surface area contributed by atoms with Gasteiger partial charge in [-0.3, -0.25) is 0 Å².